The van der Waals surface area contributed by atoms with E-state index in [1.807, 2.05) is 31.2 Å². The highest BCUT2D eigenvalue weighted by Crippen LogP contribution is 2.28. The van der Waals surface area contributed by atoms with E-state index in [2.05, 4.69) is 0 Å². The summed E-state index contributed by atoms with van der Waals surface area (Å²) in [5.41, 5.74) is 0.0514. The topological polar surface area (TPSA) is 38.7 Å². The maximum absolute atomic E-state index is 10.3. The zero-order chi connectivity index (χ0) is 12.0. The molecule has 1 aromatic rings. The second-order valence-corrected chi connectivity index (χ2v) is 4.10. The first-order valence-electron chi connectivity index (χ1n) is 5.46. The number of hydrogen-bond acceptors (Lipinski definition) is 3. The lowest BCUT2D eigenvalue weighted by atomic mass is 9.91. The molecule has 1 rings (SSSR count). The highest BCUT2D eigenvalue weighted by Gasteiger charge is 2.22. The molecule has 1 atom stereocenters. The van der Waals surface area contributed by atoms with E-state index in [1.165, 1.54) is 0 Å². The van der Waals surface area contributed by atoms with E-state index in [4.69, 9.17) is 9.47 Å². The van der Waals surface area contributed by atoms with Crippen LogP contribution in [0, 0.1) is 0 Å². The van der Waals surface area contributed by atoms with Gasteiger partial charge in [0.15, 0.2) is 0 Å². The summed E-state index contributed by atoms with van der Waals surface area (Å²) in [6.45, 7) is 2.48. The van der Waals surface area contributed by atoms with Gasteiger partial charge in [0.05, 0.1) is 12.7 Å². The van der Waals surface area contributed by atoms with E-state index in [-0.39, 0.29) is 0 Å². The predicted octanol–water partition coefficient (Wildman–Crippen LogP) is 2.33. The van der Waals surface area contributed by atoms with Gasteiger partial charge in [0.25, 0.3) is 0 Å². The van der Waals surface area contributed by atoms with Gasteiger partial charge in [0, 0.05) is 13.7 Å². The second kappa shape index (κ2) is 5.87. The maximum Gasteiger partial charge on any atom is 0.119 e. The Bertz CT molecular complexity index is 321. The molecule has 16 heavy (non-hydrogen) atoms. The lowest BCUT2D eigenvalue weighted by Gasteiger charge is -2.24. The van der Waals surface area contributed by atoms with Crippen LogP contribution in [0.15, 0.2) is 24.3 Å². The van der Waals surface area contributed by atoms with Gasteiger partial charge < -0.3 is 14.6 Å². The molecule has 0 aliphatic heterocycles. The molecule has 0 bridgehead atoms. The van der Waals surface area contributed by atoms with Crippen molar-refractivity contribution >= 4 is 0 Å². The third kappa shape index (κ3) is 3.51. The summed E-state index contributed by atoms with van der Waals surface area (Å²) in [5.74, 6) is 0.768. The quantitative estimate of drug-likeness (QED) is 0.754. The summed E-state index contributed by atoms with van der Waals surface area (Å²) >= 11 is 0. The maximum atomic E-state index is 10.3. The predicted molar refractivity (Wildman–Crippen MR) is 63.7 cm³/mol. The summed E-state index contributed by atoms with van der Waals surface area (Å²) in [6, 6.07) is 7.54. The van der Waals surface area contributed by atoms with E-state index in [0.717, 1.165) is 17.7 Å². The summed E-state index contributed by atoms with van der Waals surface area (Å²) in [5, 5.41) is 10.3. The number of methoxy groups -OCH3 is 2. The normalized spacial score (nSPS) is 14.5. The molecular formula is C13H20O3. The van der Waals surface area contributed by atoms with E-state index >= 15 is 0 Å². The van der Waals surface area contributed by atoms with Gasteiger partial charge >= 0.3 is 0 Å². The molecule has 0 fully saturated rings. The van der Waals surface area contributed by atoms with Crippen LogP contribution in [0.2, 0.25) is 0 Å². The molecule has 1 unspecified atom stereocenters. The molecule has 0 spiro atoms. The lowest BCUT2D eigenvalue weighted by Crippen LogP contribution is -2.21. The third-order valence-electron chi connectivity index (χ3n) is 2.70. The first-order valence-corrected chi connectivity index (χ1v) is 5.46. The highest BCUT2D eigenvalue weighted by molar-refractivity contribution is 5.31. The van der Waals surface area contributed by atoms with Crippen LogP contribution in [0.5, 0.6) is 5.75 Å². The third-order valence-corrected chi connectivity index (χ3v) is 2.70. The van der Waals surface area contributed by atoms with Crippen molar-refractivity contribution in [3.8, 4) is 5.75 Å². The Morgan fingerprint density at radius 1 is 1.31 bits per heavy atom. The first-order chi connectivity index (χ1) is 7.60. The monoisotopic (exact) mass is 224 g/mol. The van der Waals surface area contributed by atoms with Crippen LogP contribution in [-0.2, 0) is 10.3 Å². The Morgan fingerprint density at radius 2 is 2.06 bits per heavy atom. The van der Waals surface area contributed by atoms with Crippen LogP contribution in [0.3, 0.4) is 0 Å². The van der Waals surface area contributed by atoms with Crippen LogP contribution in [0.25, 0.3) is 0 Å². The molecule has 3 nitrogen and oxygen atoms in total. The Labute approximate surface area is 97.0 Å². The van der Waals surface area contributed by atoms with Gasteiger partial charge in [-0.05, 0) is 37.5 Å². The minimum atomic E-state index is -0.826. The molecule has 1 aromatic carbocycles. The van der Waals surface area contributed by atoms with Crippen LogP contribution in [0.4, 0.5) is 0 Å². The van der Waals surface area contributed by atoms with Crippen LogP contribution >= 0.6 is 0 Å². The standard InChI is InChI=1S/C13H20O3/c1-13(14,8-5-9-15-2)11-6-4-7-12(10-11)16-3/h4,6-7,10,14H,5,8-9H2,1-3H3. The zero-order valence-electron chi connectivity index (χ0n) is 10.2. The van der Waals surface area contributed by atoms with Gasteiger partial charge in [-0.1, -0.05) is 12.1 Å². The Balaban J connectivity index is 2.72. The van der Waals surface area contributed by atoms with Crippen molar-refractivity contribution in [1.82, 2.24) is 0 Å². The van der Waals surface area contributed by atoms with Crippen molar-refractivity contribution < 1.29 is 14.6 Å². The van der Waals surface area contributed by atoms with Gasteiger partial charge in [-0.25, -0.2) is 0 Å². The second-order valence-electron chi connectivity index (χ2n) is 4.10. The summed E-state index contributed by atoms with van der Waals surface area (Å²) < 4.78 is 10.1. The summed E-state index contributed by atoms with van der Waals surface area (Å²) in [4.78, 5) is 0. The molecule has 0 aliphatic carbocycles. The molecule has 0 heterocycles. The molecule has 0 radical (unpaired) electrons. The number of rotatable bonds is 6. The molecule has 3 heteroatoms. The average molecular weight is 224 g/mol. The first kappa shape index (κ1) is 13.0. The van der Waals surface area contributed by atoms with Crippen molar-refractivity contribution in [1.29, 1.82) is 0 Å². The van der Waals surface area contributed by atoms with Crippen LogP contribution < -0.4 is 4.74 Å². The van der Waals surface area contributed by atoms with E-state index in [9.17, 15) is 5.11 Å². The minimum absolute atomic E-state index is 0.667. The Kier molecular flexibility index (Phi) is 4.77. The number of benzene rings is 1. The Morgan fingerprint density at radius 3 is 2.69 bits per heavy atom. The molecule has 0 saturated heterocycles. The Hall–Kier alpha value is -1.06. The van der Waals surface area contributed by atoms with Crippen molar-refractivity contribution in [2.45, 2.75) is 25.4 Å². The van der Waals surface area contributed by atoms with E-state index in [0.29, 0.717) is 13.0 Å². The smallest absolute Gasteiger partial charge is 0.119 e. The van der Waals surface area contributed by atoms with Gasteiger partial charge in [-0.2, -0.15) is 0 Å². The molecule has 90 valence electrons. The summed E-state index contributed by atoms with van der Waals surface area (Å²) in [7, 11) is 3.29. The largest absolute Gasteiger partial charge is 0.497 e. The number of ether oxygens (including phenoxy) is 2. The fourth-order valence-corrected chi connectivity index (χ4v) is 1.66. The van der Waals surface area contributed by atoms with E-state index in [1.54, 1.807) is 14.2 Å². The van der Waals surface area contributed by atoms with Crippen molar-refractivity contribution in [3.05, 3.63) is 29.8 Å². The fourth-order valence-electron chi connectivity index (χ4n) is 1.66. The average Bonchev–Trinajstić information content (AvgIpc) is 2.29. The van der Waals surface area contributed by atoms with Crippen LogP contribution in [-0.4, -0.2) is 25.9 Å². The molecule has 0 saturated carbocycles. The molecule has 1 N–H and O–H groups in total. The highest BCUT2D eigenvalue weighted by atomic mass is 16.5. The lowest BCUT2D eigenvalue weighted by molar-refractivity contribution is 0.0371. The molecule has 0 aliphatic rings. The number of hydrogen-bond donors (Lipinski definition) is 1. The molecular weight excluding hydrogens is 204 g/mol. The fraction of sp³-hybridized carbons (Fsp3) is 0.538. The minimum Gasteiger partial charge on any atom is -0.497 e. The van der Waals surface area contributed by atoms with Crippen molar-refractivity contribution in [2.75, 3.05) is 20.8 Å². The van der Waals surface area contributed by atoms with Gasteiger partial charge in [-0.15, -0.1) is 0 Å². The zero-order valence-corrected chi connectivity index (χ0v) is 10.2. The van der Waals surface area contributed by atoms with Crippen molar-refractivity contribution in [3.63, 3.8) is 0 Å². The molecule has 0 amide bonds. The van der Waals surface area contributed by atoms with Crippen molar-refractivity contribution in [2.24, 2.45) is 0 Å². The van der Waals surface area contributed by atoms with Gasteiger partial charge in [-0.3, -0.25) is 0 Å². The van der Waals surface area contributed by atoms with Gasteiger partial charge in [0.2, 0.25) is 0 Å². The van der Waals surface area contributed by atoms with Gasteiger partial charge in [0.1, 0.15) is 5.75 Å². The SMILES string of the molecule is COCCCC(C)(O)c1cccc(OC)c1. The number of aliphatic hydroxyl groups is 1. The van der Waals surface area contributed by atoms with E-state index < -0.39 is 5.60 Å². The summed E-state index contributed by atoms with van der Waals surface area (Å²) in [6.07, 6.45) is 1.51. The molecule has 0 aromatic heterocycles. The van der Waals surface area contributed by atoms with Crippen LogP contribution in [0.1, 0.15) is 25.3 Å².